The number of nitrogens with zero attached hydrogens (tertiary/aromatic N) is 2. The predicted octanol–water partition coefficient (Wildman–Crippen LogP) is 4.32. The Morgan fingerprint density at radius 1 is 1.20 bits per heavy atom. The second-order valence-electron chi connectivity index (χ2n) is 7.66. The van der Waals surface area contributed by atoms with E-state index in [-0.39, 0.29) is 11.7 Å². The molecule has 0 spiro atoms. The molecule has 4 rings (SSSR count). The number of anilines is 3. The van der Waals surface area contributed by atoms with Gasteiger partial charge >= 0.3 is 0 Å². The molecule has 8 heteroatoms. The van der Waals surface area contributed by atoms with Crippen molar-refractivity contribution in [2.45, 2.75) is 25.8 Å². The van der Waals surface area contributed by atoms with Crippen LogP contribution < -0.4 is 16.0 Å². The van der Waals surface area contributed by atoms with E-state index in [2.05, 4.69) is 41.8 Å². The van der Waals surface area contributed by atoms with Crippen LogP contribution in [-0.2, 0) is 12.0 Å². The van der Waals surface area contributed by atoms with Crippen molar-refractivity contribution in [1.82, 2.24) is 15.3 Å². The number of aromatic hydroxyl groups is 1. The van der Waals surface area contributed by atoms with E-state index in [0.29, 0.717) is 30.3 Å². The van der Waals surface area contributed by atoms with Gasteiger partial charge in [0.2, 0.25) is 5.95 Å². The first kappa shape index (κ1) is 20.2. The first-order chi connectivity index (χ1) is 14.3. The zero-order valence-corrected chi connectivity index (χ0v) is 18.2. The Morgan fingerprint density at radius 2 is 2.00 bits per heavy atom. The lowest BCUT2D eigenvalue weighted by atomic mass is 9.94. The largest absolute Gasteiger partial charge is 0.508 e. The number of amides is 1. The van der Waals surface area contributed by atoms with Gasteiger partial charge in [-0.2, -0.15) is 4.98 Å². The van der Waals surface area contributed by atoms with Gasteiger partial charge in [0.15, 0.2) is 0 Å². The first-order valence-electron chi connectivity index (χ1n) is 9.61. The van der Waals surface area contributed by atoms with Crippen LogP contribution in [0.25, 0.3) is 0 Å². The SMILES string of the molecule is CC1(C)NC(=O)c2ccc(Nc3ncc(Br)c(NCCc4ccccc4O)n3)cc21. The normalized spacial score (nSPS) is 14.2. The molecule has 1 aliphatic rings. The van der Waals surface area contributed by atoms with Gasteiger partial charge in [-0.25, -0.2) is 4.98 Å². The van der Waals surface area contributed by atoms with E-state index in [1.165, 1.54) is 0 Å². The van der Waals surface area contributed by atoms with Crippen molar-refractivity contribution < 1.29 is 9.90 Å². The number of carbonyl (C=O) groups is 1. The second-order valence-corrected chi connectivity index (χ2v) is 8.51. The summed E-state index contributed by atoms with van der Waals surface area (Å²) in [6, 6.07) is 12.9. The molecule has 0 bridgehead atoms. The van der Waals surface area contributed by atoms with Crippen LogP contribution in [0.15, 0.2) is 53.1 Å². The molecule has 0 saturated carbocycles. The van der Waals surface area contributed by atoms with Gasteiger partial charge < -0.3 is 21.1 Å². The second kappa shape index (κ2) is 7.95. The number of hydrogen-bond acceptors (Lipinski definition) is 6. The standard InChI is InChI=1S/C22H22BrN5O2/c1-22(2)16-11-14(7-8-15(16)20(30)28-22)26-21-25-12-17(23)19(27-21)24-10-9-13-5-3-4-6-18(13)29/h3-8,11-12,29H,9-10H2,1-2H3,(H,28,30)(H2,24,25,26,27). The molecule has 1 aromatic heterocycles. The minimum absolute atomic E-state index is 0.0580. The van der Waals surface area contributed by atoms with Crippen LogP contribution in [-0.4, -0.2) is 27.5 Å². The molecule has 0 fully saturated rings. The van der Waals surface area contributed by atoms with Crippen molar-refractivity contribution in [2.75, 3.05) is 17.2 Å². The Labute approximate surface area is 183 Å². The van der Waals surface area contributed by atoms with Gasteiger partial charge in [0.1, 0.15) is 11.6 Å². The van der Waals surface area contributed by atoms with Crippen LogP contribution in [0.2, 0.25) is 0 Å². The average molecular weight is 468 g/mol. The van der Waals surface area contributed by atoms with E-state index in [0.717, 1.165) is 21.3 Å². The van der Waals surface area contributed by atoms with Gasteiger partial charge in [-0.05, 0) is 71.6 Å². The Hall–Kier alpha value is -3.13. The highest BCUT2D eigenvalue weighted by molar-refractivity contribution is 9.10. The smallest absolute Gasteiger partial charge is 0.252 e. The fourth-order valence-corrected chi connectivity index (χ4v) is 3.81. The van der Waals surface area contributed by atoms with E-state index >= 15 is 0 Å². The Balaban J connectivity index is 1.47. The molecule has 3 aromatic rings. The van der Waals surface area contributed by atoms with E-state index in [1.54, 1.807) is 18.3 Å². The number of rotatable bonds is 6. The van der Waals surface area contributed by atoms with Gasteiger partial charge in [0, 0.05) is 24.0 Å². The molecule has 7 nitrogen and oxygen atoms in total. The Morgan fingerprint density at radius 3 is 2.80 bits per heavy atom. The highest BCUT2D eigenvalue weighted by atomic mass is 79.9. The number of phenols is 1. The van der Waals surface area contributed by atoms with Crippen molar-refractivity contribution in [3.8, 4) is 5.75 Å². The fourth-order valence-electron chi connectivity index (χ4n) is 3.47. The van der Waals surface area contributed by atoms with Crippen LogP contribution >= 0.6 is 15.9 Å². The monoisotopic (exact) mass is 467 g/mol. The molecule has 0 aliphatic carbocycles. The minimum atomic E-state index is -0.416. The van der Waals surface area contributed by atoms with Crippen molar-refractivity contribution >= 4 is 39.3 Å². The zero-order chi connectivity index (χ0) is 21.3. The van der Waals surface area contributed by atoms with Gasteiger partial charge in [0.25, 0.3) is 5.91 Å². The Kier molecular flexibility index (Phi) is 5.34. The molecule has 4 N–H and O–H groups in total. The quantitative estimate of drug-likeness (QED) is 0.430. The fraction of sp³-hybridized carbons (Fsp3) is 0.227. The summed E-state index contributed by atoms with van der Waals surface area (Å²) in [6.07, 6.45) is 2.34. The summed E-state index contributed by atoms with van der Waals surface area (Å²) in [6.45, 7) is 4.56. The van der Waals surface area contributed by atoms with Crippen LogP contribution in [0.4, 0.5) is 17.5 Å². The molecule has 154 valence electrons. The number of carbonyl (C=O) groups excluding carboxylic acids is 1. The molecule has 1 aliphatic heterocycles. The van der Waals surface area contributed by atoms with Gasteiger partial charge in [0.05, 0.1) is 10.0 Å². The highest BCUT2D eigenvalue weighted by Gasteiger charge is 2.34. The number of fused-ring (bicyclic) bond motifs is 1. The predicted molar refractivity (Wildman–Crippen MR) is 120 cm³/mol. The molecule has 1 amide bonds. The maximum absolute atomic E-state index is 12.1. The van der Waals surface area contributed by atoms with E-state index < -0.39 is 5.54 Å². The van der Waals surface area contributed by atoms with E-state index in [4.69, 9.17) is 0 Å². The van der Waals surface area contributed by atoms with Crippen LogP contribution in [0.5, 0.6) is 5.75 Å². The summed E-state index contributed by atoms with van der Waals surface area (Å²) >= 11 is 3.47. The summed E-state index contributed by atoms with van der Waals surface area (Å²) in [5, 5.41) is 19.3. The minimum Gasteiger partial charge on any atom is -0.508 e. The third-order valence-corrected chi connectivity index (χ3v) is 5.62. The number of nitrogens with one attached hydrogen (secondary N) is 3. The molecule has 0 atom stereocenters. The lowest BCUT2D eigenvalue weighted by molar-refractivity contribution is 0.0940. The van der Waals surface area contributed by atoms with Crippen molar-refractivity contribution in [3.63, 3.8) is 0 Å². The van der Waals surface area contributed by atoms with Crippen molar-refractivity contribution in [2.24, 2.45) is 0 Å². The summed E-state index contributed by atoms with van der Waals surface area (Å²) in [5.41, 5.74) is 2.89. The van der Waals surface area contributed by atoms with Crippen molar-refractivity contribution in [1.29, 1.82) is 0 Å². The molecule has 2 heterocycles. The zero-order valence-electron chi connectivity index (χ0n) is 16.7. The molecule has 0 saturated heterocycles. The molecule has 2 aromatic carbocycles. The number of para-hydroxylation sites is 1. The van der Waals surface area contributed by atoms with Crippen LogP contribution in [0.1, 0.15) is 35.3 Å². The van der Waals surface area contributed by atoms with Gasteiger partial charge in [-0.1, -0.05) is 18.2 Å². The topological polar surface area (TPSA) is 99.2 Å². The summed E-state index contributed by atoms with van der Waals surface area (Å²) in [7, 11) is 0. The molecular formula is C22H22BrN5O2. The van der Waals surface area contributed by atoms with Crippen molar-refractivity contribution in [3.05, 3.63) is 69.8 Å². The lowest BCUT2D eigenvalue weighted by Crippen LogP contribution is -2.32. The number of aromatic nitrogens is 2. The number of phenolic OH excluding ortho intramolecular Hbond substituents is 1. The lowest BCUT2D eigenvalue weighted by Gasteiger charge is -2.19. The van der Waals surface area contributed by atoms with Gasteiger partial charge in [-0.3, -0.25) is 4.79 Å². The van der Waals surface area contributed by atoms with Crippen LogP contribution in [0, 0.1) is 0 Å². The third-order valence-electron chi connectivity index (χ3n) is 5.04. The molecular weight excluding hydrogens is 446 g/mol. The summed E-state index contributed by atoms with van der Waals surface area (Å²) in [5.74, 6) is 1.33. The number of hydrogen-bond donors (Lipinski definition) is 4. The first-order valence-corrected chi connectivity index (χ1v) is 10.4. The summed E-state index contributed by atoms with van der Waals surface area (Å²) in [4.78, 5) is 20.9. The average Bonchev–Trinajstić information content (AvgIpc) is 2.94. The molecule has 0 radical (unpaired) electrons. The summed E-state index contributed by atoms with van der Waals surface area (Å²) < 4.78 is 0.746. The number of halogens is 1. The van der Waals surface area contributed by atoms with E-state index in [1.807, 2.05) is 44.2 Å². The molecule has 30 heavy (non-hydrogen) atoms. The Bertz CT molecular complexity index is 1120. The maximum atomic E-state index is 12.1. The maximum Gasteiger partial charge on any atom is 0.252 e. The van der Waals surface area contributed by atoms with Gasteiger partial charge in [-0.15, -0.1) is 0 Å². The van der Waals surface area contributed by atoms with Crippen LogP contribution in [0.3, 0.4) is 0 Å². The highest BCUT2D eigenvalue weighted by Crippen LogP contribution is 2.33. The van der Waals surface area contributed by atoms with E-state index in [9.17, 15) is 9.90 Å². The third kappa shape index (κ3) is 4.09. The molecule has 0 unspecified atom stereocenters. The number of benzene rings is 2.